The summed E-state index contributed by atoms with van der Waals surface area (Å²) in [7, 11) is -2.84. The zero-order valence-electron chi connectivity index (χ0n) is 10.6. The first-order chi connectivity index (χ1) is 9.36. The predicted octanol–water partition coefficient (Wildman–Crippen LogP) is 1.54. The van der Waals surface area contributed by atoms with Crippen molar-refractivity contribution in [3.8, 4) is 11.3 Å². The molecule has 8 heteroatoms. The molecule has 0 saturated carbocycles. The molecule has 0 aliphatic rings. The van der Waals surface area contributed by atoms with Gasteiger partial charge in [-0.3, -0.25) is 4.68 Å². The first-order valence-corrected chi connectivity index (χ1v) is 7.26. The predicted molar refractivity (Wildman–Crippen MR) is 69.7 cm³/mol. The van der Waals surface area contributed by atoms with Gasteiger partial charge in [0.15, 0.2) is 0 Å². The van der Waals surface area contributed by atoms with Crippen LogP contribution in [0.4, 0.5) is 8.78 Å². The number of aryl methyl sites for hydroxylation is 1. The summed E-state index contributed by atoms with van der Waals surface area (Å²) in [6.07, 6.45) is 1.75. The van der Waals surface area contributed by atoms with Gasteiger partial charge in [0.2, 0.25) is 9.84 Å². The van der Waals surface area contributed by atoms with E-state index >= 15 is 0 Å². The number of nitrogens with two attached hydrogens (primary N) is 1. The van der Waals surface area contributed by atoms with Crippen LogP contribution in [0.15, 0.2) is 35.4 Å². The number of halogens is 2. The zero-order valence-corrected chi connectivity index (χ0v) is 11.4. The third-order valence-corrected chi connectivity index (χ3v) is 4.21. The molecule has 2 N–H and O–H groups in total. The fraction of sp³-hybridized carbons (Fsp3) is 0.250. The Labute approximate surface area is 114 Å². The Hall–Kier alpha value is -1.80. The Kier molecular flexibility index (Phi) is 3.87. The van der Waals surface area contributed by atoms with Crippen LogP contribution in [0.1, 0.15) is 5.56 Å². The minimum absolute atomic E-state index is 0.278. The number of aromatic nitrogens is 2. The number of rotatable bonds is 4. The van der Waals surface area contributed by atoms with E-state index in [-0.39, 0.29) is 6.54 Å². The molecule has 0 aliphatic carbocycles. The summed E-state index contributed by atoms with van der Waals surface area (Å²) in [5.74, 6) is -3.43. The largest absolute Gasteiger partial charge is 0.341 e. The molecule has 0 bridgehead atoms. The van der Waals surface area contributed by atoms with E-state index in [4.69, 9.17) is 5.73 Å². The SMILES string of the molecule is Cn1cc(CN)c(-c2ccc(S(=O)(=O)C(F)F)cc2)n1. The third kappa shape index (κ3) is 2.56. The van der Waals surface area contributed by atoms with Crippen LogP contribution in [0.2, 0.25) is 0 Å². The van der Waals surface area contributed by atoms with E-state index in [0.717, 1.165) is 17.7 Å². The molecule has 1 aromatic heterocycles. The van der Waals surface area contributed by atoms with Crippen molar-refractivity contribution < 1.29 is 17.2 Å². The molecule has 0 atom stereocenters. The number of hydrogen-bond acceptors (Lipinski definition) is 4. The lowest BCUT2D eigenvalue weighted by atomic mass is 10.1. The first-order valence-electron chi connectivity index (χ1n) is 5.71. The molecule has 2 aromatic rings. The molecule has 108 valence electrons. The molecule has 20 heavy (non-hydrogen) atoms. The second-order valence-electron chi connectivity index (χ2n) is 4.21. The van der Waals surface area contributed by atoms with Crippen molar-refractivity contribution in [2.24, 2.45) is 12.8 Å². The molecule has 2 rings (SSSR count). The van der Waals surface area contributed by atoms with E-state index in [9.17, 15) is 17.2 Å². The Morgan fingerprint density at radius 1 is 1.30 bits per heavy atom. The number of sulfone groups is 1. The topological polar surface area (TPSA) is 78.0 Å². The maximum absolute atomic E-state index is 12.4. The highest BCUT2D eigenvalue weighted by atomic mass is 32.2. The number of benzene rings is 1. The minimum Gasteiger partial charge on any atom is -0.326 e. The summed E-state index contributed by atoms with van der Waals surface area (Å²) in [5.41, 5.74) is 7.61. The Morgan fingerprint density at radius 3 is 2.40 bits per heavy atom. The smallest absolute Gasteiger partial charge is 0.326 e. The highest BCUT2D eigenvalue weighted by Gasteiger charge is 2.26. The summed E-state index contributed by atoms with van der Waals surface area (Å²) in [6.45, 7) is 0.278. The monoisotopic (exact) mass is 301 g/mol. The Morgan fingerprint density at radius 2 is 1.90 bits per heavy atom. The zero-order chi connectivity index (χ0) is 14.9. The highest BCUT2D eigenvalue weighted by molar-refractivity contribution is 7.91. The van der Waals surface area contributed by atoms with Gasteiger partial charge in [0.25, 0.3) is 0 Å². The fourth-order valence-electron chi connectivity index (χ4n) is 1.84. The Balaban J connectivity index is 2.43. The Bertz CT molecular complexity index is 709. The molecule has 0 fully saturated rings. The van der Waals surface area contributed by atoms with E-state index in [1.807, 2.05) is 0 Å². The fourth-order valence-corrected chi connectivity index (χ4v) is 2.56. The van der Waals surface area contributed by atoms with Crippen LogP contribution in [0.25, 0.3) is 11.3 Å². The molecular weight excluding hydrogens is 288 g/mol. The van der Waals surface area contributed by atoms with Crippen LogP contribution in [-0.2, 0) is 23.4 Å². The maximum atomic E-state index is 12.4. The minimum atomic E-state index is -4.57. The second-order valence-corrected chi connectivity index (χ2v) is 6.13. The van der Waals surface area contributed by atoms with Crippen molar-refractivity contribution in [2.45, 2.75) is 17.2 Å². The van der Waals surface area contributed by atoms with Gasteiger partial charge >= 0.3 is 5.76 Å². The second kappa shape index (κ2) is 5.29. The summed E-state index contributed by atoms with van der Waals surface area (Å²) in [4.78, 5) is -0.415. The standard InChI is InChI=1S/C12H13F2N3O2S/c1-17-7-9(6-15)11(16-17)8-2-4-10(5-3-8)20(18,19)12(13)14/h2-5,7,12H,6,15H2,1H3. The van der Waals surface area contributed by atoms with Crippen molar-refractivity contribution >= 4 is 9.84 Å². The van der Waals surface area contributed by atoms with Gasteiger partial charge in [-0.15, -0.1) is 0 Å². The van der Waals surface area contributed by atoms with Crippen LogP contribution >= 0.6 is 0 Å². The van der Waals surface area contributed by atoms with Gasteiger partial charge in [-0.25, -0.2) is 8.42 Å². The van der Waals surface area contributed by atoms with Gasteiger partial charge in [-0.1, -0.05) is 12.1 Å². The molecule has 0 aliphatic heterocycles. The lowest BCUT2D eigenvalue weighted by Crippen LogP contribution is -2.11. The molecule has 1 aromatic carbocycles. The van der Waals surface area contributed by atoms with E-state index in [1.165, 1.54) is 12.1 Å². The van der Waals surface area contributed by atoms with Crippen molar-refractivity contribution in [1.82, 2.24) is 9.78 Å². The van der Waals surface area contributed by atoms with Crippen molar-refractivity contribution in [3.63, 3.8) is 0 Å². The van der Waals surface area contributed by atoms with Crippen LogP contribution in [-0.4, -0.2) is 24.0 Å². The van der Waals surface area contributed by atoms with Crippen molar-refractivity contribution in [2.75, 3.05) is 0 Å². The number of nitrogens with zero attached hydrogens (tertiary/aromatic N) is 2. The average molecular weight is 301 g/mol. The maximum Gasteiger partial charge on any atom is 0.341 e. The van der Waals surface area contributed by atoms with Gasteiger partial charge in [-0.2, -0.15) is 13.9 Å². The quantitative estimate of drug-likeness (QED) is 0.929. The van der Waals surface area contributed by atoms with Gasteiger partial charge in [0.1, 0.15) is 0 Å². The third-order valence-electron chi connectivity index (χ3n) is 2.82. The van der Waals surface area contributed by atoms with E-state index in [0.29, 0.717) is 11.3 Å². The summed E-state index contributed by atoms with van der Waals surface area (Å²) in [5, 5.41) is 4.22. The van der Waals surface area contributed by atoms with E-state index in [1.54, 1.807) is 17.9 Å². The highest BCUT2D eigenvalue weighted by Crippen LogP contribution is 2.25. The normalized spacial score (nSPS) is 12.1. The molecular formula is C12H13F2N3O2S. The van der Waals surface area contributed by atoms with Gasteiger partial charge in [0, 0.05) is 30.9 Å². The molecule has 1 heterocycles. The molecule has 0 amide bonds. The first kappa shape index (κ1) is 14.6. The van der Waals surface area contributed by atoms with Crippen molar-refractivity contribution in [1.29, 1.82) is 0 Å². The molecule has 0 saturated heterocycles. The van der Waals surface area contributed by atoms with E-state index in [2.05, 4.69) is 5.10 Å². The van der Waals surface area contributed by atoms with Crippen LogP contribution in [0.3, 0.4) is 0 Å². The summed E-state index contributed by atoms with van der Waals surface area (Å²) < 4.78 is 49.1. The van der Waals surface area contributed by atoms with E-state index < -0.39 is 20.5 Å². The van der Waals surface area contributed by atoms with Crippen LogP contribution < -0.4 is 5.73 Å². The lowest BCUT2D eigenvalue weighted by Gasteiger charge is -2.04. The van der Waals surface area contributed by atoms with Crippen molar-refractivity contribution in [3.05, 3.63) is 36.0 Å². The molecule has 0 radical (unpaired) electrons. The van der Waals surface area contributed by atoms with Crippen LogP contribution in [0, 0.1) is 0 Å². The molecule has 0 spiro atoms. The van der Waals surface area contributed by atoms with Gasteiger partial charge in [0.05, 0.1) is 10.6 Å². The van der Waals surface area contributed by atoms with Crippen LogP contribution in [0.5, 0.6) is 0 Å². The number of alkyl halides is 2. The lowest BCUT2D eigenvalue weighted by molar-refractivity contribution is 0.234. The van der Waals surface area contributed by atoms with Gasteiger partial charge in [-0.05, 0) is 12.1 Å². The number of hydrogen-bond donors (Lipinski definition) is 1. The molecule has 5 nitrogen and oxygen atoms in total. The van der Waals surface area contributed by atoms with Gasteiger partial charge < -0.3 is 5.73 Å². The molecule has 0 unspecified atom stereocenters. The summed E-state index contributed by atoms with van der Waals surface area (Å²) >= 11 is 0. The average Bonchev–Trinajstić information content (AvgIpc) is 2.80. The summed E-state index contributed by atoms with van der Waals surface area (Å²) in [6, 6.07) is 5.17.